The number of nitriles is 2. The van der Waals surface area contributed by atoms with Crippen LogP contribution in [0.5, 0.6) is 0 Å². The minimum atomic E-state index is -0.268. The van der Waals surface area contributed by atoms with Crippen LogP contribution in [-0.2, 0) is 11.2 Å². The Balaban J connectivity index is 1.62. The highest BCUT2D eigenvalue weighted by atomic mass is 35.5. The fraction of sp³-hybridized carbons (Fsp3) is 0.348. The Labute approximate surface area is 181 Å². The summed E-state index contributed by atoms with van der Waals surface area (Å²) in [6.45, 7) is 5.16. The topological polar surface area (TPSA) is 75.7 Å². The molecule has 2 unspecified atom stereocenters. The van der Waals surface area contributed by atoms with E-state index in [1.165, 1.54) is 0 Å². The molecule has 152 valence electrons. The van der Waals surface area contributed by atoms with E-state index in [9.17, 15) is 5.26 Å². The Kier molecular flexibility index (Phi) is 5.28. The van der Waals surface area contributed by atoms with Crippen molar-refractivity contribution in [3.05, 3.63) is 63.7 Å². The van der Waals surface area contributed by atoms with Gasteiger partial charge in [-0.3, -0.25) is 5.01 Å². The zero-order chi connectivity index (χ0) is 21.4. The van der Waals surface area contributed by atoms with Gasteiger partial charge in [-0.25, -0.2) is 0 Å². The van der Waals surface area contributed by atoms with E-state index in [2.05, 4.69) is 36.0 Å². The molecule has 0 fully saturated rings. The number of hydrogen-bond acceptors (Lipinski definition) is 6. The predicted molar refractivity (Wildman–Crippen MR) is 116 cm³/mol. The van der Waals surface area contributed by atoms with Gasteiger partial charge in [-0.15, -0.1) is 5.10 Å². The third-order valence-electron chi connectivity index (χ3n) is 5.70. The number of halogens is 1. The van der Waals surface area contributed by atoms with Crippen LogP contribution >= 0.6 is 11.6 Å². The second-order valence-corrected chi connectivity index (χ2v) is 8.27. The smallest absolute Gasteiger partial charge is 0.240 e. The third-order valence-corrected chi connectivity index (χ3v) is 6.13. The molecule has 2 atom stereocenters. The molecule has 0 N–H and O–H groups in total. The van der Waals surface area contributed by atoms with Crippen LogP contribution < -0.4 is 4.90 Å². The van der Waals surface area contributed by atoms with Crippen LogP contribution in [0, 0.1) is 28.6 Å². The molecule has 6 nitrogen and oxygen atoms in total. The average molecular weight is 420 g/mol. The Morgan fingerprint density at radius 2 is 1.87 bits per heavy atom. The summed E-state index contributed by atoms with van der Waals surface area (Å²) < 4.78 is 6.33. The largest absolute Gasteiger partial charge is 0.448 e. The molecule has 7 heteroatoms. The predicted octanol–water partition coefficient (Wildman–Crippen LogP) is 4.12. The van der Waals surface area contributed by atoms with Crippen molar-refractivity contribution in [1.29, 1.82) is 10.5 Å². The molecule has 2 aliphatic rings. The van der Waals surface area contributed by atoms with Gasteiger partial charge < -0.3 is 9.64 Å². The summed E-state index contributed by atoms with van der Waals surface area (Å²) in [5, 5.41) is 25.3. The zero-order valence-corrected chi connectivity index (χ0v) is 17.9. The van der Waals surface area contributed by atoms with Crippen molar-refractivity contribution in [2.75, 3.05) is 18.5 Å². The highest BCUT2D eigenvalue weighted by Crippen LogP contribution is 2.39. The van der Waals surface area contributed by atoms with Crippen LogP contribution in [0.2, 0.25) is 5.02 Å². The van der Waals surface area contributed by atoms with Gasteiger partial charge in [0.15, 0.2) is 0 Å². The van der Waals surface area contributed by atoms with E-state index >= 15 is 0 Å². The quantitative estimate of drug-likeness (QED) is 0.745. The van der Waals surface area contributed by atoms with Gasteiger partial charge >= 0.3 is 0 Å². The van der Waals surface area contributed by atoms with E-state index < -0.39 is 0 Å². The molecule has 2 aromatic carbocycles. The second-order valence-electron chi connectivity index (χ2n) is 7.89. The first kappa shape index (κ1) is 20.1. The minimum Gasteiger partial charge on any atom is -0.448 e. The van der Waals surface area contributed by atoms with E-state index in [0.29, 0.717) is 22.0 Å². The van der Waals surface area contributed by atoms with Crippen molar-refractivity contribution in [2.24, 2.45) is 11.0 Å². The highest BCUT2D eigenvalue weighted by molar-refractivity contribution is 6.33. The molecule has 0 bridgehead atoms. The summed E-state index contributed by atoms with van der Waals surface area (Å²) in [7, 11) is 1.92. The maximum absolute atomic E-state index is 9.28. The number of rotatable bonds is 4. The number of benzene rings is 2. The summed E-state index contributed by atoms with van der Waals surface area (Å²) in [6.07, 6.45) is 0.531. The molecule has 4 rings (SSSR count). The number of hydrazone groups is 1. The van der Waals surface area contributed by atoms with Crippen LogP contribution in [0.1, 0.15) is 36.1 Å². The van der Waals surface area contributed by atoms with Crippen molar-refractivity contribution in [3.63, 3.8) is 0 Å². The fourth-order valence-corrected chi connectivity index (χ4v) is 4.52. The van der Waals surface area contributed by atoms with E-state index in [0.717, 1.165) is 29.8 Å². The van der Waals surface area contributed by atoms with E-state index in [1.54, 1.807) is 18.2 Å². The first-order valence-electron chi connectivity index (χ1n) is 9.91. The molecular formula is C23H22ClN5O. The van der Waals surface area contributed by atoms with Crippen LogP contribution in [0.15, 0.2) is 41.5 Å². The third kappa shape index (κ3) is 3.34. The average Bonchev–Trinajstić information content (AvgIpc) is 3.33. The molecule has 2 aliphatic heterocycles. The maximum Gasteiger partial charge on any atom is 0.240 e. The number of fused-ring (bicyclic) bond motifs is 1. The lowest BCUT2D eigenvalue weighted by atomic mass is 10.00. The summed E-state index contributed by atoms with van der Waals surface area (Å²) >= 11 is 6.48. The molecule has 0 spiro atoms. The first-order chi connectivity index (χ1) is 14.4. The Morgan fingerprint density at radius 1 is 1.13 bits per heavy atom. The lowest BCUT2D eigenvalue weighted by Crippen LogP contribution is -2.51. The number of anilines is 1. The van der Waals surface area contributed by atoms with Gasteiger partial charge in [-0.1, -0.05) is 25.4 Å². The van der Waals surface area contributed by atoms with Gasteiger partial charge in [0.1, 0.15) is 6.07 Å². The lowest BCUT2D eigenvalue weighted by molar-refractivity contribution is 0.0367. The molecule has 0 saturated heterocycles. The molecule has 0 saturated carbocycles. The standard InChI is InChI=1S/C23H22ClN5O/c1-14(2)21(29-11-10-18-19(29)9-8-17(13-26)20(18)24)23-28(3)27-22(30-23)16-6-4-15(12-25)5-7-16/h4-9,14,21,23H,10-11H2,1-3H3. The molecule has 0 radical (unpaired) electrons. The zero-order valence-electron chi connectivity index (χ0n) is 17.1. The Hall–Kier alpha value is -3.22. The van der Waals surface area contributed by atoms with Gasteiger partial charge in [-0.2, -0.15) is 10.5 Å². The fourth-order valence-electron chi connectivity index (χ4n) is 4.23. The van der Waals surface area contributed by atoms with Crippen LogP contribution in [0.25, 0.3) is 0 Å². The number of ether oxygens (including phenoxy) is 1. The van der Waals surface area contributed by atoms with Gasteiger partial charge in [0.05, 0.1) is 28.3 Å². The van der Waals surface area contributed by atoms with E-state index in [1.807, 2.05) is 30.3 Å². The molecule has 2 aromatic rings. The van der Waals surface area contributed by atoms with Gasteiger partial charge in [0.25, 0.3) is 0 Å². The Morgan fingerprint density at radius 3 is 2.50 bits per heavy atom. The SMILES string of the molecule is CC(C)C(C1OC(c2ccc(C#N)cc2)=NN1C)N1CCc2c1ccc(C#N)c2Cl. The summed E-state index contributed by atoms with van der Waals surface area (Å²) in [5.74, 6) is 0.836. The van der Waals surface area contributed by atoms with Crippen molar-refractivity contribution < 1.29 is 4.74 Å². The summed E-state index contributed by atoms with van der Waals surface area (Å²) in [6, 6.07) is 15.3. The normalized spacial score (nSPS) is 18.5. The number of hydrogen-bond donors (Lipinski definition) is 0. The maximum atomic E-state index is 9.28. The van der Waals surface area contributed by atoms with Gasteiger partial charge in [-0.05, 0) is 54.3 Å². The summed E-state index contributed by atoms with van der Waals surface area (Å²) in [4.78, 5) is 2.32. The monoisotopic (exact) mass is 419 g/mol. The number of nitrogens with zero attached hydrogens (tertiary/aromatic N) is 5. The van der Waals surface area contributed by atoms with Crippen molar-refractivity contribution in [1.82, 2.24) is 5.01 Å². The molecule has 0 aliphatic carbocycles. The molecule has 0 amide bonds. The molecule has 2 heterocycles. The molecular weight excluding hydrogens is 398 g/mol. The minimum absolute atomic E-state index is 0.0416. The number of likely N-dealkylation sites (N-methyl/N-ethyl adjacent to an activating group) is 1. The first-order valence-corrected chi connectivity index (χ1v) is 10.3. The van der Waals surface area contributed by atoms with Crippen molar-refractivity contribution in [3.8, 4) is 12.1 Å². The van der Waals surface area contributed by atoms with Crippen LogP contribution in [0.3, 0.4) is 0 Å². The molecule has 30 heavy (non-hydrogen) atoms. The van der Waals surface area contributed by atoms with Gasteiger partial charge in [0.2, 0.25) is 12.1 Å². The lowest BCUT2D eigenvalue weighted by Gasteiger charge is -2.38. The second kappa shape index (κ2) is 7.89. The van der Waals surface area contributed by atoms with E-state index in [-0.39, 0.29) is 18.2 Å². The van der Waals surface area contributed by atoms with Crippen molar-refractivity contribution >= 4 is 23.2 Å². The van der Waals surface area contributed by atoms with E-state index in [4.69, 9.17) is 21.6 Å². The van der Waals surface area contributed by atoms with Gasteiger partial charge in [0, 0.05) is 24.8 Å². The van der Waals surface area contributed by atoms with Crippen LogP contribution in [0.4, 0.5) is 5.69 Å². The van der Waals surface area contributed by atoms with Crippen LogP contribution in [-0.4, -0.2) is 36.8 Å². The summed E-state index contributed by atoms with van der Waals surface area (Å²) in [5.41, 5.74) is 4.04. The Bertz CT molecular complexity index is 1080. The highest BCUT2D eigenvalue weighted by Gasteiger charge is 2.41. The molecule has 0 aromatic heterocycles. The van der Waals surface area contributed by atoms with Crippen molar-refractivity contribution in [2.45, 2.75) is 32.5 Å².